The van der Waals surface area contributed by atoms with Crippen molar-refractivity contribution in [3.05, 3.63) is 71.8 Å². The minimum atomic E-state index is -1.26. The number of ether oxygens (including phenoxy) is 2. The minimum absolute atomic E-state index is 0.341. The third-order valence-electron chi connectivity index (χ3n) is 4.80. The van der Waals surface area contributed by atoms with Crippen molar-refractivity contribution in [1.82, 2.24) is 4.90 Å². The van der Waals surface area contributed by atoms with E-state index in [4.69, 9.17) is 9.47 Å². The lowest BCUT2D eigenvalue weighted by Crippen LogP contribution is -2.53. The largest absolute Gasteiger partial charge is 0.467 e. The molecule has 1 aliphatic rings. The number of nitrogens with zero attached hydrogens (tertiary/aromatic N) is 1. The van der Waals surface area contributed by atoms with Gasteiger partial charge >= 0.3 is 12.1 Å². The summed E-state index contributed by atoms with van der Waals surface area (Å²) in [6.07, 6.45) is -1.27. The van der Waals surface area contributed by atoms with Crippen molar-refractivity contribution in [1.29, 1.82) is 0 Å². The van der Waals surface area contributed by atoms with Gasteiger partial charge in [-0.3, -0.25) is 4.90 Å². The van der Waals surface area contributed by atoms with Gasteiger partial charge in [-0.05, 0) is 25.0 Å². The number of rotatable bonds is 4. The molecule has 1 heterocycles. The molecule has 1 saturated heterocycles. The molecule has 0 saturated carbocycles. The van der Waals surface area contributed by atoms with E-state index in [2.05, 4.69) is 0 Å². The van der Waals surface area contributed by atoms with Gasteiger partial charge in [-0.1, -0.05) is 60.7 Å². The summed E-state index contributed by atoms with van der Waals surface area (Å²) in [4.78, 5) is 26.9. The van der Waals surface area contributed by atoms with Crippen molar-refractivity contribution in [2.45, 2.75) is 31.5 Å². The second kappa shape index (κ2) is 6.59. The van der Waals surface area contributed by atoms with Crippen LogP contribution in [0.25, 0.3) is 0 Å². The van der Waals surface area contributed by atoms with E-state index in [9.17, 15) is 9.59 Å². The fraction of sp³-hybridized carbons (Fsp3) is 0.300. The highest BCUT2D eigenvalue weighted by molar-refractivity contribution is 5.89. The van der Waals surface area contributed by atoms with Gasteiger partial charge in [0.15, 0.2) is 11.6 Å². The summed E-state index contributed by atoms with van der Waals surface area (Å²) in [7, 11) is 1.32. The fourth-order valence-electron chi connectivity index (χ4n) is 3.46. The number of cyclic esters (lactones) is 1. The maximum absolute atomic E-state index is 12.7. The molecule has 130 valence electrons. The number of methoxy groups -OCH3 is 1. The molecule has 0 aromatic heterocycles. The smallest absolute Gasteiger partial charge is 0.412 e. The molecule has 3 atom stereocenters. The van der Waals surface area contributed by atoms with Gasteiger partial charge in [0.05, 0.1) is 13.2 Å². The van der Waals surface area contributed by atoms with Gasteiger partial charge in [-0.25, -0.2) is 9.59 Å². The number of carbonyl (C=O) groups excluding carboxylic acids is 2. The van der Waals surface area contributed by atoms with E-state index < -0.39 is 23.7 Å². The monoisotopic (exact) mass is 339 g/mol. The quantitative estimate of drug-likeness (QED) is 0.794. The molecule has 3 rings (SSSR count). The van der Waals surface area contributed by atoms with Crippen LogP contribution in [0.4, 0.5) is 4.79 Å². The number of esters is 1. The van der Waals surface area contributed by atoms with E-state index in [1.807, 2.05) is 67.6 Å². The summed E-state index contributed by atoms with van der Waals surface area (Å²) in [6.45, 7) is 3.58. The maximum atomic E-state index is 12.7. The van der Waals surface area contributed by atoms with Gasteiger partial charge in [0.2, 0.25) is 0 Å². The predicted octanol–water partition coefficient (Wildman–Crippen LogP) is 3.87. The lowest BCUT2D eigenvalue weighted by molar-refractivity contribution is -0.155. The van der Waals surface area contributed by atoms with Gasteiger partial charge in [-0.15, -0.1) is 0 Å². The molecule has 25 heavy (non-hydrogen) atoms. The van der Waals surface area contributed by atoms with Gasteiger partial charge in [-0.2, -0.15) is 0 Å². The summed E-state index contributed by atoms with van der Waals surface area (Å²) in [6, 6.07) is 18.5. The third-order valence-corrected chi connectivity index (χ3v) is 4.80. The maximum Gasteiger partial charge on any atom is 0.412 e. The van der Waals surface area contributed by atoms with Crippen LogP contribution in [-0.4, -0.2) is 29.6 Å². The standard InChI is InChI=1S/C20H21NO4/c1-14(15-10-6-4-7-11-15)21-19(23)25-17(16-12-8-5-9-13-16)20(21,2)18(22)24-3/h4-14,17H,1-3H3/t14-,17?,20?/m1/s1. The Kier molecular flexibility index (Phi) is 4.49. The fourth-order valence-corrected chi connectivity index (χ4v) is 3.46. The first kappa shape index (κ1) is 17.0. The molecule has 0 aliphatic carbocycles. The molecule has 2 aromatic rings. The molecule has 2 aromatic carbocycles. The van der Waals surface area contributed by atoms with Crippen LogP contribution in [0.1, 0.15) is 37.1 Å². The number of carbonyl (C=O) groups is 2. The van der Waals surface area contributed by atoms with Crippen LogP contribution in [0.3, 0.4) is 0 Å². The Hall–Kier alpha value is -2.82. The van der Waals surface area contributed by atoms with Gasteiger partial charge < -0.3 is 9.47 Å². The summed E-state index contributed by atoms with van der Waals surface area (Å²) in [5, 5.41) is 0. The van der Waals surface area contributed by atoms with E-state index >= 15 is 0 Å². The lowest BCUT2D eigenvalue weighted by atomic mass is 9.87. The van der Waals surface area contributed by atoms with Crippen molar-refractivity contribution < 1.29 is 19.1 Å². The second-order valence-electron chi connectivity index (χ2n) is 6.27. The molecule has 1 fully saturated rings. The summed E-state index contributed by atoms with van der Waals surface area (Å²) >= 11 is 0. The van der Waals surface area contributed by atoms with Gasteiger partial charge in [0, 0.05) is 0 Å². The Bertz CT molecular complexity index is 762. The van der Waals surface area contributed by atoms with E-state index in [0.29, 0.717) is 0 Å². The summed E-state index contributed by atoms with van der Waals surface area (Å²) in [5.41, 5.74) is 0.414. The molecule has 0 radical (unpaired) electrons. The van der Waals surface area contributed by atoms with Crippen LogP contribution >= 0.6 is 0 Å². The highest BCUT2D eigenvalue weighted by Gasteiger charge is 2.60. The lowest BCUT2D eigenvalue weighted by Gasteiger charge is -2.36. The van der Waals surface area contributed by atoms with Crippen LogP contribution in [-0.2, 0) is 14.3 Å². The SMILES string of the molecule is COC(=O)C1(C)C(c2ccccc2)OC(=O)N1[C@H](C)c1ccccc1. The van der Waals surface area contributed by atoms with E-state index in [-0.39, 0.29) is 6.04 Å². The van der Waals surface area contributed by atoms with Crippen molar-refractivity contribution in [3.63, 3.8) is 0 Å². The van der Waals surface area contributed by atoms with Crippen molar-refractivity contribution in [3.8, 4) is 0 Å². The van der Waals surface area contributed by atoms with Crippen LogP contribution in [0.15, 0.2) is 60.7 Å². The van der Waals surface area contributed by atoms with Crippen LogP contribution < -0.4 is 0 Å². The van der Waals surface area contributed by atoms with E-state index in [1.165, 1.54) is 12.0 Å². The average Bonchev–Trinajstić information content (AvgIpc) is 2.93. The number of hydrogen-bond donors (Lipinski definition) is 0. The van der Waals surface area contributed by atoms with Gasteiger partial charge in [0.25, 0.3) is 0 Å². The molecule has 1 amide bonds. The molecule has 1 aliphatic heterocycles. The average molecular weight is 339 g/mol. The van der Waals surface area contributed by atoms with Gasteiger partial charge in [0.1, 0.15) is 0 Å². The van der Waals surface area contributed by atoms with Crippen LogP contribution in [0.2, 0.25) is 0 Å². The van der Waals surface area contributed by atoms with E-state index in [1.54, 1.807) is 6.92 Å². The summed E-state index contributed by atoms with van der Waals surface area (Å²) in [5.74, 6) is -0.505. The minimum Gasteiger partial charge on any atom is -0.467 e. The first-order chi connectivity index (χ1) is 12.0. The number of benzene rings is 2. The highest BCUT2D eigenvalue weighted by atomic mass is 16.6. The van der Waals surface area contributed by atoms with E-state index in [0.717, 1.165) is 11.1 Å². The number of amides is 1. The Morgan fingerprint density at radius 2 is 1.68 bits per heavy atom. The molecule has 5 heteroatoms. The predicted molar refractivity (Wildman–Crippen MR) is 92.8 cm³/mol. The topological polar surface area (TPSA) is 55.8 Å². The zero-order chi connectivity index (χ0) is 18.0. The van der Waals surface area contributed by atoms with Crippen molar-refractivity contribution in [2.24, 2.45) is 0 Å². The number of hydrogen-bond acceptors (Lipinski definition) is 4. The normalized spacial score (nSPS) is 23.9. The first-order valence-corrected chi connectivity index (χ1v) is 8.18. The highest BCUT2D eigenvalue weighted by Crippen LogP contribution is 2.46. The Balaban J connectivity index is 2.08. The zero-order valence-electron chi connectivity index (χ0n) is 14.5. The third kappa shape index (κ3) is 2.76. The summed E-state index contributed by atoms with van der Waals surface area (Å²) < 4.78 is 10.7. The molecule has 0 spiro atoms. The molecule has 2 unspecified atom stereocenters. The zero-order valence-corrected chi connectivity index (χ0v) is 14.5. The molecule has 0 bridgehead atoms. The molecular formula is C20H21NO4. The Labute approximate surface area is 147 Å². The molecule has 5 nitrogen and oxygen atoms in total. The van der Waals surface area contributed by atoms with Crippen molar-refractivity contribution in [2.75, 3.05) is 7.11 Å². The molecule has 0 N–H and O–H groups in total. The first-order valence-electron chi connectivity index (χ1n) is 8.18. The molecular weight excluding hydrogens is 318 g/mol. The van der Waals surface area contributed by atoms with Crippen LogP contribution in [0.5, 0.6) is 0 Å². The van der Waals surface area contributed by atoms with Crippen molar-refractivity contribution >= 4 is 12.1 Å². The Morgan fingerprint density at radius 3 is 2.24 bits per heavy atom. The Morgan fingerprint density at radius 1 is 1.12 bits per heavy atom. The second-order valence-corrected chi connectivity index (χ2v) is 6.27. The van der Waals surface area contributed by atoms with Crippen LogP contribution in [0, 0.1) is 0 Å².